The van der Waals surface area contributed by atoms with E-state index in [1.54, 1.807) is 30.7 Å². The number of benzene rings is 4. The van der Waals surface area contributed by atoms with Gasteiger partial charge in [-0.2, -0.15) is 0 Å². The first-order chi connectivity index (χ1) is 26.6. The molecule has 1 atom stereocenters. The topological polar surface area (TPSA) is 74.2 Å². The summed E-state index contributed by atoms with van der Waals surface area (Å²) in [4.78, 5) is 10.6. The second kappa shape index (κ2) is 27.9. The van der Waals surface area contributed by atoms with Crippen LogP contribution in [0.2, 0.25) is 0 Å². The Hall–Kier alpha value is -5.59. The molecule has 0 heterocycles. The van der Waals surface area contributed by atoms with Crippen LogP contribution in [-0.2, 0) is 23.7 Å². The molecule has 0 amide bonds. The third-order valence-corrected chi connectivity index (χ3v) is 7.25. The van der Waals surface area contributed by atoms with E-state index in [0.717, 1.165) is 29.5 Å². The molecule has 6 heteroatoms. The fraction of sp³-hybridized carbons (Fsp3) is 0.300. The van der Waals surface area contributed by atoms with Crippen molar-refractivity contribution in [2.24, 2.45) is 0 Å². The van der Waals surface area contributed by atoms with Gasteiger partial charge in [0.1, 0.15) is 11.9 Å². The zero-order valence-corrected chi connectivity index (χ0v) is 34.6. The quantitative estimate of drug-likeness (QED) is 0.0751. The van der Waals surface area contributed by atoms with Gasteiger partial charge in [0.2, 0.25) is 0 Å². The number of carbonyl (C=O) groups is 1. The average Bonchev–Trinajstić information content (AvgIpc) is 3.69. The second-order valence-electron chi connectivity index (χ2n) is 14.5. The molecule has 1 N–H and O–H groups in total. The summed E-state index contributed by atoms with van der Waals surface area (Å²) in [5.41, 5.74) is 4.18. The molecule has 0 aromatic heterocycles. The maximum Gasteiger partial charge on any atom is 0.330 e. The highest BCUT2D eigenvalue weighted by atomic mass is 16.7. The number of phenols is 1. The standard InChI is InChI=1S/C14H20O2.C12H16O.C8H12O2.C8H8O.C8H8/c1-12(16-14(2,3)4)15-11-10-13-8-6-5-7-9-13;1-12(2,3)13-10-9-11-7-5-4-6-8-11;1-2-8(9)10-7-5-3-4-6-7;1-2-7-3-5-8(9)6-4-7;1-2-8-6-4-3-5-7-8/h5-12H,1-4H3;4-10H,1-3H3;2,7H,1,3-6H2;2-6,9H,1H2;2-7H,1H2. The van der Waals surface area contributed by atoms with Crippen molar-refractivity contribution in [2.45, 2.75) is 97.7 Å². The molecule has 1 unspecified atom stereocenters. The van der Waals surface area contributed by atoms with Crippen LogP contribution in [0, 0.1) is 0 Å². The minimum Gasteiger partial charge on any atom is -0.508 e. The minimum atomic E-state index is -0.285. The number of carbonyl (C=O) groups excluding carboxylic acids is 1. The molecule has 0 aliphatic heterocycles. The fourth-order valence-corrected chi connectivity index (χ4v) is 4.62. The highest BCUT2D eigenvalue weighted by Gasteiger charge is 2.17. The smallest absolute Gasteiger partial charge is 0.330 e. The molecule has 0 bridgehead atoms. The lowest BCUT2D eigenvalue weighted by molar-refractivity contribution is -0.158. The van der Waals surface area contributed by atoms with Crippen LogP contribution < -0.4 is 0 Å². The second-order valence-corrected chi connectivity index (χ2v) is 14.5. The molecule has 0 radical (unpaired) electrons. The lowest BCUT2D eigenvalue weighted by Crippen LogP contribution is -2.26. The van der Waals surface area contributed by atoms with E-state index >= 15 is 0 Å². The van der Waals surface area contributed by atoms with Gasteiger partial charge in [-0.3, -0.25) is 0 Å². The molecule has 0 saturated heterocycles. The lowest BCUT2D eigenvalue weighted by Gasteiger charge is -2.24. The van der Waals surface area contributed by atoms with Gasteiger partial charge in [0.25, 0.3) is 0 Å². The summed E-state index contributed by atoms with van der Waals surface area (Å²) in [5.74, 6) is 0.00694. The summed E-state index contributed by atoms with van der Waals surface area (Å²) < 4.78 is 21.5. The van der Waals surface area contributed by atoms with Crippen LogP contribution >= 0.6 is 0 Å². The zero-order chi connectivity index (χ0) is 41.7. The van der Waals surface area contributed by atoms with Gasteiger partial charge in [-0.1, -0.05) is 135 Å². The normalized spacial score (nSPS) is 12.8. The summed E-state index contributed by atoms with van der Waals surface area (Å²) in [6.45, 7) is 24.5. The average molecular weight is 761 g/mol. The molecule has 56 heavy (non-hydrogen) atoms. The molecule has 1 aliphatic carbocycles. The Morgan fingerprint density at radius 1 is 0.643 bits per heavy atom. The Bertz CT molecular complexity index is 1670. The summed E-state index contributed by atoms with van der Waals surface area (Å²) in [6.07, 6.45) is 16.5. The third kappa shape index (κ3) is 27.1. The van der Waals surface area contributed by atoms with E-state index < -0.39 is 0 Å². The Balaban J connectivity index is 0.000000358. The van der Waals surface area contributed by atoms with Gasteiger partial charge in [0.05, 0.1) is 23.7 Å². The largest absolute Gasteiger partial charge is 0.508 e. The first kappa shape index (κ1) is 48.4. The van der Waals surface area contributed by atoms with Crippen molar-refractivity contribution in [3.8, 4) is 5.75 Å². The van der Waals surface area contributed by atoms with Crippen molar-refractivity contribution in [1.82, 2.24) is 0 Å². The maximum absolute atomic E-state index is 10.6. The lowest BCUT2D eigenvalue weighted by atomic mass is 10.2. The third-order valence-electron chi connectivity index (χ3n) is 7.25. The maximum atomic E-state index is 10.6. The number of hydrogen-bond donors (Lipinski definition) is 1. The van der Waals surface area contributed by atoms with Crippen LogP contribution in [0.3, 0.4) is 0 Å². The van der Waals surface area contributed by atoms with Gasteiger partial charge in [-0.15, -0.1) is 0 Å². The van der Waals surface area contributed by atoms with Crippen molar-refractivity contribution in [2.75, 3.05) is 0 Å². The molecule has 6 nitrogen and oxygen atoms in total. The highest BCUT2D eigenvalue weighted by molar-refractivity contribution is 5.81. The Morgan fingerprint density at radius 3 is 1.46 bits per heavy atom. The van der Waals surface area contributed by atoms with Crippen LogP contribution in [-0.4, -0.2) is 34.7 Å². The number of phenolic OH excluding ortho intramolecular Hbond substituents is 1. The van der Waals surface area contributed by atoms with Crippen molar-refractivity contribution in [1.29, 1.82) is 0 Å². The number of hydrogen-bond acceptors (Lipinski definition) is 6. The number of esters is 1. The van der Waals surface area contributed by atoms with Crippen LogP contribution in [0.4, 0.5) is 0 Å². The molecular weight excluding hydrogens is 697 g/mol. The number of ether oxygens (including phenoxy) is 4. The molecule has 4 aromatic carbocycles. The van der Waals surface area contributed by atoms with E-state index in [1.165, 1.54) is 24.5 Å². The SMILES string of the molecule is C=CC(=O)OC1CCCC1.C=Cc1ccc(O)cc1.C=Cc1ccccc1.CC(C)(C)OC=Cc1ccccc1.CC(OC=Cc1ccccc1)OC(C)(C)C. The number of aromatic hydroxyl groups is 1. The van der Waals surface area contributed by atoms with Crippen molar-refractivity contribution >= 4 is 30.3 Å². The number of rotatable bonds is 10. The monoisotopic (exact) mass is 760 g/mol. The van der Waals surface area contributed by atoms with Crippen LogP contribution in [0.15, 0.2) is 154 Å². The van der Waals surface area contributed by atoms with Crippen molar-refractivity contribution < 1.29 is 28.8 Å². The van der Waals surface area contributed by atoms with Gasteiger partial charge >= 0.3 is 5.97 Å². The molecular formula is C50H64O6. The van der Waals surface area contributed by atoms with Gasteiger partial charge in [-0.25, -0.2) is 4.79 Å². The van der Waals surface area contributed by atoms with E-state index in [0.29, 0.717) is 5.75 Å². The Morgan fingerprint density at radius 2 is 1.07 bits per heavy atom. The summed E-state index contributed by atoms with van der Waals surface area (Å²) in [5, 5.41) is 8.82. The minimum absolute atomic E-state index is 0.106. The van der Waals surface area contributed by atoms with Crippen LogP contribution in [0.5, 0.6) is 5.75 Å². The van der Waals surface area contributed by atoms with Gasteiger partial charge in [0, 0.05) is 6.08 Å². The van der Waals surface area contributed by atoms with E-state index in [4.69, 9.17) is 24.1 Å². The zero-order valence-electron chi connectivity index (χ0n) is 34.6. The van der Waals surface area contributed by atoms with E-state index in [9.17, 15) is 4.79 Å². The van der Waals surface area contributed by atoms with Gasteiger partial charge < -0.3 is 24.1 Å². The predicted molar refractivity (Wildman–Crippen MR) is 236 cm³/mol. The van der Waals surface area contributed by atoms with Crippen molar-refractivity contribution in [3.05, 3.63) is 176 Å². The van der Waals surface area contributed by atoms with Crippen molar-refractivity contribution in [3.63, 3.8) is 0 Å². The highest BCUT2D eigenvalue weighted by Crippen LogP contribution is 2.21. The molecule has 5 rings (SSSR count). The fourth-order valence-electron chi connectivity index (χ4n) is 4.62. The molecule has 1 fully saturated rings. The summed E-state index contributed by atoms with van der Waals surface area (Å²) >= 11 is 0. The molecule has 0 spiro atoms. The first-order valence-electron chi connectivity index (χ1n) is 19.0. The summed E-state index contributed by atoms with van der Waals surface area (Å²) in [6, 6.07) is 37.1. The first-order valence-corrected chi connectivity index (χ1v) is 19.0. The molecule has 1 saturated carbocycles. The van der Waals surface area contributed by atoms with Crippen LogP contribution in [0.25, 0.3) is 24.3 Å². The van der Waals surface area contributed by atoms with E-state index in [1.807, 2.05) is 170 Å². The Kier molecular flexibility index (Phi) is 24.1. The van der Waals surface area contributed by atoms with Gasteiger partial charge in [0.15, 0.2) is 6.29 Å². The molecule has 300 valence electrons. The van der Waals surface area contributed by atoms with Crippen LogP contribution in [0.1, 0.15) is 96.4 Å². The van der Waals surface area contributed by atoms with E-state index in [-0.39, 0.29) is 29.6 Å². The molecule has 4 aromatic rings. The van der Waals surface area contributed by atoms with Gasteiger partial charge in [-0.05, 0) is 121 Å². The van der Waals surface area contributed by atoms with E-state index in [2.05, 4.69) is 19.7 Å². The summed E-state index contributed by atoms with van der Waals surface area (Å²) in [7, 11) is 0. The Labute approximate surface area is 337 Å². The molecule has 1 aliphatic rings. The predicted octanol–water partition coefficient (Wildman–Crippen LogP) is 13.3.